The molecule has 3 heteroatoms. The van der Waals surface area contributed by atoms with Gasteiger partial charge in [-0.3, -0.25) is 4.79 Å². The summed E-state index contributed by atoms with van der Waals surface area (Å²) < 4.78 is 0. The van der Waals surface area contributed by atoms with Crippen LogP contribution in [0.3, 0.4) is 0 Å². The molecule has 1 aliphatic heterocycles. The van der Waals surface area contributed by atoms with E-state index in [0.29, 0.717) is 5.92 Å². The molecule has 0 amide bonds. The molecule has 0 aliphatic carbocycles. The molecule has 1 heterocycles. The van der Waals surface area contributed by atoms with Crippen LogP contribution in [0, 0.1) is 11.3 Å². The fraction of sp³-hybridized carbons (Fsp3) is 0.917. The second kappa shape index (κ2) is 4.97. The quantitative estimate of drug-likeness (QED) is 0.778. The lowest BCUT2D eigenvalue weighted by Gasteiger charge is -2.37. The molecule has 1 saturated heterocycles. The van der Waals surface area contributed by atoms with E-state index in [2.05, 4.69) is 18.7 Å². The molecule has 1 unspecified atom stereocenters. The first-order valence-corrected chi connectivity index (χ1v) is 5.90. The maximum atomic E-state index is 11.1. The Morgan fingerprint density at radius 2 is 2.20 bits per heavy atom. The molecule has 0 aromatic heterocycles. The number of carboxylic acid groups (broad SMARTS) is 1. The average Bonchev–Trinajstić information content (AvgIpc) is 2.15. The standard InChI is InChI=1S/C12H23NO2/c1-10(2)5-8-13-7-4-6-12(3,9-13)11(14)15/h10H,4-9H2,1-3H3,(H,14,15). The Balaban J connectivity index is 2.45. The molecule has 0 bridgehead atoms. The van der Waals surface area contributed by atoms with Crippen molar-refractivity contribution in [2.75, 3.05) is 19.6 Å². The van der Waals surface area contributed by atoms with Gasteiger partial charge in [-0.2, -0.15) is 0 Å². The zero-order chi connectivity index (χ0) is 11.5. The van der Waals surface area contributed by atoms with Crippen molar-refractivity contribution in [1.29, 1.82) is 0 Å². The molecule has 1 rings (SSSR count). The lowest BCUT2D eigenvalue weighted by molar-refractivity contribution is -0.151. The number of carboxylic acids is 1. The van der Waals surface area contributed by atoms with Gasteiger partial charge < -0.3 is 10.0 Å². The van der Waals surface area contributed by atoms with Crippen LogP contribution >= 0.6 is 0 Å². The highest BCUT2D eigenvalue weighted by molar-refractivity contribution is 5.74. The monoisotopic (exact) mass is 213 g/mol. The molecule has 0 aromatic carbocycles. The Labute approximate surface area is 92.5 Å². The normalized spacial score (nSPS) is 28.3. The third-order valence-corrected chi connectivity index (χ3v) is 3.31. The lowest BCUT2D eigenvalue weighted by atomic mass is 9.82. The maximum absolute atomic E-state index is 11.1. The first kappa shape index (κ1) is 12.5. The Morgan fingerprint density at radius 1 is 1.53 bits per heavy atom. The van der Waals surface area contributed by atoms with Crippen molar-refractivity contribution >= 4 is 5.97 Å². The zero-order valence-corrected chi connectivity index (χ0v) is 10.1. The van der Waals surface area contributed by atoms with E-state index in [9.17, 15) is 4.79 Å². The van der Waals surface area contributed by atoms with E-state index in [1.54, 1.807) is 0 Å². The Morgan fingerprint density at radius 3 is 2.73 bits per heavy atom. The Bertz CT molecular complexity index is 228. The molecule has 0 saturated carbocycles. The molecule has 3 nitrogen and oxygen atoms in total. The van der Waals surface area contributed by atoms with Crippen LogP contribution in [0.15, 0.2) is 0 Å². The first-order valence-electron chi connectivity index (χ1n) is 5.90. The molecule has 1 N–H and O–H groups in total. The predicted molar refractivity (Wildman–Crippen MR) is 60.9 cm³/mol. The van der Waals surface area contributed by atoms with Gasteiger partial charge >= 0.3 is 5.97 Å². The summed E-state index contributed by atoms with van der Waals surface area (Å²) in [6.07, 6.45) is 3.00. The van der Waals surface area contributed by atoms with E-state index in [0.717, 1.165) is 38.9 Å². The minimum atomic E-state index is -0.642. The van der Waals surface area contributed by atoms with Crippen LogP contribution in [0.2, 0.25) is 0 Å². The number of piperidine rings is 1. The van der Waals surface area contributed by atoms with E-state index in [-0.39, 0.29) is 0 Å². The lowest BCUT2D eigenvalue weighted by Crippen LogP contribution is -2.46. The Kier molecular flexibility index (Phi) is 4.14. The molecular weight excluding hydrogens is 190 g/mol. The van der Waals surface area contributed by atoms with E-state index in [1.807, 2.05) is 6.92 Å². The van der Waals surface area contributed by atoms with Crippen LogP contribution in [-0.2, 0) is 4.79 Å². The van der Waals surface area contributed by atoms with Gasteiger partial charge in [-0.1, -0.05) is 13.8 Å². The summed E-state index contributed by atoms with van der Waals surface area (Å²) in [6, 6.07) is 0. The van der Waals surface area contributed by atoms with Crippen molar-refractivity contribution in [3.8, 4) is 0 Å². The fourth-order valence-electron chi connectivity index (χ4n) is 2.15. The summed E-state index contributed by atoms with van der Waals surface area (Å²) in [5.41, 5.74) is -0.519. The maximum Gasteiger partial charge on any atom is 0.310 e. The zero-order valence-electron chi connectivity index (χ0n) is 10.1. The van der Waals surface area contributed by atoms with Crippen LogP contribution < -0.4 is 0 Å². The summed E-state index contributed by atoms with van der Waals surface area (Å²) in [5.74, 6) is 0.0553. The molecule has 0 aromatic rings. The third-order valence-electron chi connectivity index (χ3n) is 3.31. The van der Waals surface area contributed by atoms with E-state index in [4.69, 9.17) is 5.11 Å². The molecule has 88 valence electrons. The minimum Gasteiger partial charge on any atom is -0.481 e. The van der Waals surface area contributed by atoms with Gasteiger partial charge in [0.15, 0.2) is 0 Å². The van der Waals surface area contributed by atoms with Gasteiger partial charge in [-0.25, -0.2) is 0 Å². The smallest absolute Gasteiger partial charge is 0.310 e. The van der Waals surface area contributed by atoms with Gasteiger partial charge in [0, 0.05) is 6.54 Å². The van der Waals surface area contributed by atoms with Gasteiger partial charge in [0.1, 0.15) is 0 Å². The number of rotatable bonds is 4. The molecular formula is C12H23NO2. The summed E-state index contributed by atoms with van der Waals surface area (Å²) in [4.78, 5) is 13.4. The second-order valence-corrected chi connectivity index (χ2v) is 5.43. The van der Waals surface area contributed by atoms with Crippen LogP contribution in [-0.4, -0.2) is 35.6 Å². The van der Waals surface area contributed by atoms with Crippen molar-refractivity contribution in [2.24, 2.45) is 11.3 Å². The van der Waals surface area contributed by atoms with Gasteiger partial charge in [0.2, 0.25) is 0 Å². The van der Waals surface area contributed by atoms with E-state index < -0.39 is 11.4 Å². The number of nitrogens with zero attached hydrogens (tertiary/aromatic N) is 1. The summed E-state index contributed by atoms with van der Waals surface area (Å²) >= 11 is 0. The fourth-order valence-corrected chi connectivity index (χ4v) is 2.15. The minimum absolute atomic E-state index is 0.519. The summed E-state index contributed by atoms with van der Waals surface area (Å²) in [6.45, 7) is 9.11. The molecule has 1 aliphatic rings. The van der Waals surface area contributed by atoms with E-state index >= 15 is 0 Å². The number of likely N-dealkylation sites (tertiary alicyclic amines) is 1. The highest BCUT2D eigenvalue weighted by atomic mass is 16.4. The second-order valence-electron chi connectivity index (χ2n) is 5.43. The van der Waals surface area contributed by atoms with Gasteiger partial charge in [-0.15, -0.1) is 0 Å². The highest BCUT2D eigenvalue weighted by Crippen LogP contribution is 2.29. The van der Waals surface area contributed by atoms with Crippen molar-refractivity contribution in [2.45, 2.75) is 40.0 Å². The highest BCUT2D eigenvalue weighted by Gasteiger charge is 2.37. The van der Waals surface area contributed by atoms with Crippen LogP contribution in [0.25, 0.3) is 0 Å². The topological polar surface area (TPSA) is 40.5 Å². The van der Waals surface area contributed by atoms with Crippen LogP contribution in [0.4, 0.5) is 0 Å². The molecule has 0 radical (unpaired) electrons. The SMILES string of the molecule is CC(C)CCN1CCCC(C)(C(=O)O)C1. The third kappa shape index (κ3) is 3.49. The number of aliphatic carboxylic acids is 1. The number of hydrogen-bond donors (Lipinski definition) is 1. The molecule has 15 heavy (non-hydrogen) atoms. The van der Waals surface area contributed by atoms with Gasteiger partial charge in [0.05, 0.1) is 5.41 Å². The van der Waals surface area contributed by atoms with Crippen molar-refractivity contribution in [3.05, 3.63) is 0 Å². The van der Waals surface area contributed by atoms with Crippen molar-refractivity contribution in [1.82, 2.24) is 4.90 Å². The van der Waals surface area contributed by atoms with Crippen LogP contribution in [0.1, 0.15) is 40.0 Å². The molecule has 0 spiro atoms. The number of hydrogen-bond acceptors (Lipinski definition) is 2. The van der Waals surface area contributed by atoms with E-state index in [1.165, 1.54) is 0 Å². The molecule has 1 atom stereocenters. The first-order chi connectivity index (χ1) is 6.94. The van der Waals surface area contributed by atoms with Gasteiger partial charge in [-0.05, 0) is 45.2 Å². The van der Waals surface area contributed by atoms with Gasteiger partial charge in [0.25, 0.3) is 0 Å². The van der Waals surface area contributed by atoms with Crippen molar-refractivity contribution < 1.29 is 9.90 Å². The Hall–Kier alpha value is -0.570. The average molecular weight is 213 g/mol. The predicted octanol–water partition coefficient (Wildman–Crippen LogP) is 2.22. The summed E-state index contributed by atoms with van der Waals surface area (Å²) in [5, 5.41) is 9.17. The van der Waals surface area contributed by atoms with Crippen molar-refractivity contribution in [3.63, 3.8) is 0 Å². The number of carbonyl (C=O) groups is 1. The summed E-state index contributed by atoms with van der Waals surface area (Å²) in [7, 11) is 0. The van der Waals surface area contributed by atoms with Crippen LogP contribution in [0.5, 0.6) is 0 Å². The largest absolute Gasteiger partial charge is 0.481 e. The molecule has 1 fully saturated rings.